The van der Waals surface area contributed by atoms with Crippen LogP contribution >= 0.6 is 0 Å². The van der Waals surface area contributed by atoms with Crippen LogP contribution in [0.5, 0.6) is 0 Å². The summed E-state index contributed by atoms with van der Waals surface area (Å²) in [5.41, 5.74) is -0.366. The highest BCUT2D eigenvalue weighted by atomic mass is 16.3. The molecule has 1 saturated heterocycles. The summed E-state index contributed by atoms with van der Waals surface area (Å²) < 4.78 is 0. The zero-order valence-corrected chi connectivity index (χ0v) is 10.7. The lowest BCUT2D eigenvalue weighted by Crippen LogP contribution is -2.52. The van der Waals surface area contributed by atoms with E-state index in [1.54, 1.807) is 0 Å². The Hall–Kier alpha value is -0.120. The molecule has 0 amide bonds. The normalized spacial score (nSPS) is 27.0. The lowest BCUT2D eigenvalue weighted by atomic mass is 9.80. The predicted molar refractivity (Wildman–Crippen MR) is 66.5 cm³/mol. The third-order valence-electron chi connectivity index (χ3n) is 4.26. The zero-order valence-electron chi connectivity index (χ0n) is 10.7. The summed E-state index contributed by atoms with van der Waals surface area (Å²) in [6, 6.07) is 1.30. The maximum absolute atomic E-state index is 10.0. The largest absolute Gasteiger partial charge is 0.389 e. The van der Waals surface area contributed by atoms with Gasteiger partial charge in [0.05, 0.1) is 5.60 Å². The van der Waals surface area contributed by atoms with E-state index in [4.69, 9.17) is 0 Å². The van der Waals surface area contributed by atoms with Crippen LogP contribution in [0.4, 0.5) is 0 Å². The van der Waals surface area contributed by atoms with E-state index in [2.05, 4.69) is 24.1 Å². The average molecular weight is 226 g/mol. The van der Waals surface area contributed by atoms with Crippen LogP contribution in [0.1, 0.15) is 46.0 Å². The van der Waals surface area contributed by atoms with Crippen LogP contribution in [0.2, 0.25) is 0 Å². The van der Waals surface area contributed by atoms with Crippen LogP contribution in [0.3, 0.4) is 0 Å². The van der Waals surface area contributed by atoms with Gasteiger partial charge in [0.2, 0.25) is 0 Å². The minimum atomic E-state index is -0.366. The molecule has 0 aromatic rings. The van der Waals surface area contributed by atoms with Gasteiger partial charge in [0.25, 0.3) is 0 Å². The first-order chi connectivity index (χ1) is 7.59. The summed E-state index contributed by atoms with van der Waals surface area (Å²) in [6.07, 6.45) is 5.64. The Balaban J connectivity index is 1.65. The van der Waals surface area contributed by atoms with Crippen LogP contribution in [0.15, 0.2) is 0 Å². The van der Waals surface area contributed by atoms with Crippen LogP contribution < -0.4 is 5.32 Å². The topological polar surface area (TPSA) is 35.5 Å². The van der Waals surface area contributed by atoms with E-state index in [1.165, 1.54) is 32.4 Å². The van der Waals surface area contributed by atoms with Gasteiger partial charge in [-0.2, -0.15) is 0 Å². The molecule has 0 atom stereocenters. The highest BCUT2D eigenvalue weighted by Gasteiger charge is 2.34. The molecule has 3 nitrogen and oxygen atoms in total. The van der Waals surface area contributed by atoms with Crippen LogP contribution in [-0.4, -0.2) is 47.3 Å². The molecule has 1 saturated carbocycles. The van der Waals surface area contributed by atoms with E-state index in [0.717, 1.165) is 19.4 Å². The van der Waals surface area contributed by atoms with Gasteiger partial charge in [0.1, 0.15) is 0 Å². The average Bonchev–Trinajstić information content (AvgIpc) is 2.24. The molecule has 1 heterocycles. The Morgan fingerprint density at radius 3 is 2.38 bits per heavy atom. The molecular weight excluding hydrogens is 200 g/mol. The van der Waals surface area contributed by atoms with Crippen LogP contribution in [0, 0.1) is 0 Å². The van der Waals surface area contributed by atoms with Crippen LogP contribution in [-0.2, 0) is 0 Å². The van der Waals surface area contributed by atoms with E-state index >= 15 is 0 Å². The van der Waals surface area contributed by atoms with Crippen molar-refractivity contribution in [2.45, 2.75) is 63.6 Å². The molecule has 3 heteroatoms. The smallest absolute Gasteiger partial charge is 0.0771 e. The van der Waals surface area contributed by atoms with Crippen molar-refractivity contribution >= 4 is 0 Å². The molecule has 94 valence electrons. The summed E-state index contributed by atoms with van der Waals surface area (Å²) >= 11 is 0. The summed E-state index contributed by atoms with van der Waals surface area (Å²) in [7, 11) is 0. The van der Waals surface area contributed by atoms with Crippen molar-refractivity contribution in [1.82, 2.24) is 10.2 Å². The number of hydrogen-bond acceptors (Lipinski definition) is 3. The first kappa shape index (κ1) is 12.3. The quantitative estimate of drug-likeness (QED) is 0.760. The van der Waals surface area contributed by atoms with Crippen molar-refractivity contribution < 1.29 is 5.11 Å². The predicted octanol–water partition coefficient (Wildman–Crippen LogP) is 1.36. The van der Waals surface area contributed by atoms with Gasteiger partial charge in [-0.05, 0) is 59.0 Å². The fraction of sp³-hybridized carbons (Fsp3) is 1.00. The van der Waals surface area contributed by atoms with Gasteiger partial charge in [-0.25, -0.2) is 0 Å². The first-order valence-electron chi connectivity index (χ1n) is 6.79. The Bertz CT molecular complexity index is 218. The number of nitrogens with zero attached hydrogens (tertiary/aromatic N) is 1. The SMILES string of the molecule is CC(C)N1CCC(NCC2(O)CCC2)CC1. The number of rotatable bonds is 4. The van der Waals surface area contributed by atoms with Gasteiger partial charge in [-0.15, -0.1) is 0 Å². The second-order valence-electron chi connectivity index (χ2n) is 5.86. The summed E-state index contributed by atoms with van der Waals surface area (Å²) in [5, 5.41) is 13.6. The third-order valence-corrected chi connectivity index (χ3v) is 4.26. The molecule has 0 aromatic carbocycles. The maximum atomic E-state index is 10.0. The van der Waals surface area contributed by atoms with Crippen molar-refractivity contribution in [2.75, 3.05) is 19.6 Å². The van der Waals surface area contributed by atoms with Gasteiger partial charge in [0, 0.05) is 18.6 Å². The van der Waals surface area contributed by atoms with Gasteiger partial charge in [0.15, 0.2) is 0 Å². The fourth-order valence-electron chi connectivity index (χ4n) is 2.72. The Morgan fingerprint density at radius 1 is 1.31 bits per heavy atom. The van der Waals surface area contributed by atoms with Crippen molar-refractivity contribution in [3.63, 3.8) is 0 Å². The van der Waals surface area contributed by atoms with E-state index < -0.39 is 0 Å². The highest BCUT2D eigenvalue weighted by Crippen LogP contribution is 2.31. The summed E-state index contributed by atoms with van der Waals surface area (Å²) in [5.74, 6) is 0. The third kappa shape index (κ3) is 2.96. The number of hydrogen-bond donors (Lipinski definition) is 2. The van der Waals surface area contributed by atoms with Gasteiger partial charge in [-0.3, -0.25) is 0 Å². The standard InChI is InChI=1S/C13H26N2O/c1-11(2)15-8-4-12(5-9-15)14-10-13(16)6-3-7-13/h11-12,14,16H,3-10H2,1-2H3. The molecule has 0 bridgehead atoms. The molecule has 2 aliphatic rings. The number of nitrogens with one attached hydrogen (secondary N) is 1. The van der Waals surface area contributed by atoms with Gasteiger partial charge < -0.3 is 15.3 Å². The molecule has 1 aliphatic carbocycles. The Labute approximate surface area is 99.2 Å². The van der Waals surface area contributed by atoms with Gasteiger partial charge in [-0.1, -0.05) is 0 Å². The molecule has 0 aromatic heterocycles. The number of aliphatic hydroxyl groups is 1. The van der Waals surface area contributed by atoms with Crippen molar-refractivity contribution in [3.05, 3.63) is 0 Å². The summed E-state index contributed by atoms with van der Waals surface area (Å²) in [6.45, 7) is 7.75. The minimum absolute atomic E-state index is 0.366. The minimum Gasteiger partial charge on any atom is -0.389 e. The molecule has 2 fully saturated rings. The monoisotopic (exact) mass is 226 g/mol. The molecule has 0 radical (unpaired) electrons. The maximum Gasteiger partial charge on any atom is 0.0771 e. The van der Waals surface area contributed by atoms with Gasteiger partial charge >= 0.3 is 0 Å². The molecule has 0 unspecified atom stereocenters. The second-order valence-corrected chi connectivity index (χ2v) is 5.86. The lowest BCUT2D eigenvalue weighted by Gasteiger charge is -2.40. The zero-order chi connectivity index (χ0) is 11.6. The highest BCUT2D eigenvalue weighted by molar-refractivity contribution is 4.91. The summed E-state index contributed by atoms with van der Waals surface area (Å²) in [4.78, 5) is 2.54. The van der Waals surface area contributed by atoms with E-state index in [9.17, 15) is 5.11 Å². The number of piperidine rings is 1. The molecule has 0 spiro atoms. The van der Waals surface area contributed by atoms with Crippen LogP contribution in [0.25, 0.3) is 0 Å². The Kier molecular flexibility index (Phi) is 3.88. The van der Waals surface area contributed by atoms with E-state index in [0.29, 0.717) is 12.1 Å². The van der Waals surface area contributed by atoms with E-state index in [-0.39, 0.29) is 5.60 Å². The molecular formula is C13H26N2O. The fourth-order valence-corrected chi connectivity index (χ4v) is 2.72. The molecule has 16 heavy (non-hydrogen) atoms. The molecule has 2 N–H and O–H groups in total. The Morgan fingerprint density at radius 2 is 1.94 bits per heavy atom. The molecule has 1 aliphatic heterocycles. The number of likely N-dealkylation sites (tertiary alicyclic amines) is 1. The van der Waals surface area contributed by atoms with Crippen molar-refractivity contribution in [3.8, 4) is 0 Å². The van der Waals surface area contributed by atoms with Crippen molar-refractivity contribution in [1.29, 1.82) is 0 Å². The van der Waals surface area contributed by atoms with E-state index in [1.807, 2.05) is 0 Å². The van der Waals surface area contributed by atoms with Crippen molar-refractivity contribution in [2.24, 2.45) is 0 Å². The second kappa shape index (κ2) is 5.03. The lowest BCUT2D eigenvalue weighted by molar-refractivity contribution is -0.0347. The first-order valence-corrected chi connectivity index (χ1v) is 6.79. The molecule has 2 rings (SSSR count).